The van der Waals surface area contributed by atoms with Crippen molar-refractivity contribution >= 4 is 17.6 Å². The maximum Gasteiger partial charge on any atom is 0.263 e. The molecule has 0 radical (unpaired) electrons. The molecular formula is C15H18N4O3. The molecule has 7 nitrogen and oxygen atoms in total. The first-order valence-electron chi connectivity index (χ1n) is 6.76. The number of benzene rings is 1. The van der Waals surface area contributed by atoms with Gasteiger partial charge in [-0.05, 0) is 25.0 Å². The number of anilines is 1. The van der Waals surface area contributed by atoms with Crippen molar-refractivity contribution in [2.45, 2.75) is 20.4 Å². The largest absolute Gasteiger partial charge is 0.483 e. The molecule has 7 heteroatoms. The monoisotopic (exact) mass is 302 g/mol. The lowest BCUT2D eigenvalue weighted by molar-refractivity contribution is -0.119. The summed E-state index contributed by atoms with van der Waals surface area (Å²) in [4.78, 5) is 22.6. The summed E-state index contributed by atoms with van der Waals surface area (Å²) in [6.45, 7) is 3.70. The van der Waals surface area contributed by atoms with Gasteiger partial charge in [-0.1, -0.05) is 18.2 Å². The fourth-order valence-electron chi connectivity index (χ4n) is 2.02. The second-order valence-electron chi connectivity index (χ2n) is 4.92. The predicted molar refractivity (Wildman–Crippen MR) is 81.5 cm³/mol. The van der Waals surface area contributed by atoms with Gasteiger partial charge in [0.1, 0.15) is 12.3 Å². The lowest BCUT2D eigenvalue weighted by Crippen LogP contribution is -2.22. The Morgan fingerprint density at radius 2 is 1.95 bits per heavy atom. The Bertz CT molecular complexity index is 674. The standard InChI is InChI=1S/C15H18N4O3/c1-10-4-3-5-11(2)15(10)22-9-14(21)17-13-6-7-19(18-13)8-12(16)20/h3-7H,8-9H2,1-2H3,(H2,16,20)(H,17,18,21). The van der Waals surface area contributed by atoms with E-state index >= 15 is 0 Å². The van der Waals surface area contributed by atoms with E-state index in [1.54, 1.807) is 12.3 Å². The summed E-state index contributed by atoms with van der Waals surface area (Å²) < 4.78 is 6.90. The highest BCUT2D eigenvalue weighted by molar-refractivity contribution is 5.90. The Labute approximate surface area is 128 Å². The highest BCUT2D eigenvalue weighted by Crippen LogP contribution is 2.22. The number of aryl methyl sites for hydroxylation is 2. The number of rotatable bonds is 6. The van der Waals surface area contributed by atoms with E-state index in [1.165, 1.54) is 4.68 Å². The van der Waals surface area contributed by atoms with Crippen molar-refractivity contribution in [1.29, 1.82) is 0 Å². The normalized spacial score (nSPS) is 10.3. The molecule has 0 atom stereocenters. The Morgan fingerprint density at radius 1 is 1.27 bits per heavy atom. The van der Waals surface area contributed by atoms with Crippen molar-refractivity contribution in [2.24, 2.45) is 5.73 Å². The maximum absolute atomic E-state index is 11.9. The van der Waals surface area contributed by atoms with Gasteiger partial charge in [-0.25, -0.2) is 0 Å². The molecule has 0 unspecified atom stereocenters. The SMILES string of the molecule is Cc1cccc(C)c1OCC(=O)Nc1ccn(CC(N)=O)n1. The van der Waals surface area contributed by atoms with Crippen LogP contribution in [0.2, 0.25) is 0 Å². The molecule has 2 amide bonds. The van der Waals surface area contributed by atoms with Crippen molar-refractivity contribution in [3.05, 3.63) is 41.6 Å². The van der Waals surface area contributed by atoms with Crippen molar-refractivity contribution in [2.75, 3.05) is 11.9 Å². The van der Waals surface area contributed by atoms with E-state index in [-0.39, 0.29) is 19.1 Å². The quantitative estimate of drug-likeness (QED) is 0.831. The summed E-state index contributed by atoms with van der Waals surface area (Å²) in [7, 11) is 0. The summed E-state index contributed by atoms with van der Waals surface area (Å²) in [5, 5.41) is 6.61. The average molecular weight is 302 g/mol. The fourth-order valence-corrected chi connectivity index (χ4v) is 2.02. The van der Waals surface area contributed by atoms with Crippen LogP contribution in [0.5, 0.6) is 5.75 Å². The predicted octanol–water partition coefficient (Wildman–Crippen LogP) is 1.00. The van der Waals surface area contributed by atoms with E-state index in [0.29, 0.717) is 11.6 Å². The molecule has 22 heavy (non-hydrogen) atoms. The number of amides is 2. The number of primary amides is 1. The van der Waals surface area contributed by atoms with E-state index < -0.39 is 5.91 Å². The minimum atomic E-state index is -0.501. The van der Waals surface area contributed by atoms with E-state index in [1.807, 2.05) is 32.0 Å². The van der Waals surface area contributed by atoms with E-state index in [2.05, 4.69) is 10.4 Å². The summed E-state index contributed by atoms with van der Waals surface area (Å²) in [6.07, 6.45) is 1.56. The van der Waals surface area contributed by atoms with Crippen molar-refractivity contribution in [3.8, 4) is 5.75 Å². The molecule has 0 fully saturated rings. The Kier molecular flexibility index (Phi) is 4.77. The smallest absolute Gasteiger partial charge is 0.263 e. The average Bonchev–Trinajstić information content (AvgIpc) is 2.84. The van der Waals surface area contributed by atoms with Crippen LogP contribution < -0.4 is 15.8 Å². The van der Waals surface area contributed by atoms with E-state index in [0.717, 1.165) is 11.1 Å². The topological polar surface area (TPSA) is 99.2 Å². The summed E-state index contributed by atoms with van der Waals surface area (Å²) in [5.41, 5.74) is 7.01. The van der Waals surface area contributed by atoms with Crippen LogP contribution in [0, 0.1) is 13.8 Å². The Hall–Kier alpha value is -2.83. The summed E-state index contributed by atoms with van der Waals surface area (Å²) in [5.74, 6) is 0.222. The van der Waals surface area contributed by atoms with Gasteiger partial charge < -0.3 is 15.8 Å². The lowest BCUT2D eigenvalue weighted by atomic mass is 10.1. The van der Waals surface area contributed by atoms with Crippen molar-refractivity contribution in [3.63, 3.8) is 0 Å². The number of para-hydroxylation sites is 1. The molecule has 0 saturated carbocycles. The second kappa shape index (κ2) is 6.75. The maximum atomic E-state index is 11.9. The number of hydrogen-bond donors (Lipinski definition) is 2. The van der Waals surface area contributed by atoms with Gasteiger partial charge in [-0.2, -0.15) is 5.10 Å². The molecule has 116 valence electrons. The Morgan fingerprint density at radius 3 is 2.59 bits per heavy atom. The summed E-state index contributed by atoms with van der Waals surface area (Å²) >= 11 is 0. The number of hydrogen-bond acceptors (Lipinski definition) is 4. The van der Waals surface area contributed by atoms with Gasteiger partial charge in [0.2, 0.25) is 5.91 Å². The molecule has 1 aromatic carbocycles. The number of nitrogens with two attached hydrogens (primary N) is 1. The first kappa shape index (κ1) is 15.6. The molecule has 2 rings (SSSR count). The van der Waals surface area contributed by atoms with Gasteiger partial charge in [0.05, 0.1) is 0 Å². The van der Waals surface area contributed by atoms with Crippen LogP contribution in [0.3, 0.4) is 0 Å². The van der Waals surface area contributed by atoms with Gasteiger partial charge in [0, 0.05) is 12.3 Å². The molecule has 0 aliphatic carbocycles. The van der Waals surface area contributed by atoms with Gasteiger partial charge in [0.25, 0.3) is 5.91 Å². The molecule has 0 saturated heterocycles. The highest BCUT2D eigenvalue weighted by atomic mass is 16.5. The number of nitrogens with zero attached hydrogens (tertiary/aromatic N) is 2. The molecular weight excluding hydrogens is 284 g/mol. The number of carbonyl (C=O) groups excluding carboxylic acids is 2. The van der Waals surface area contributed by atoms with Crippen molar-refractivity contribution in [1.82, 2.24) is 9.78 Å². The van der Waals surface area contributed by atoms with Crippen LogP contribution >= 0.6 is 0 Å². The number of carbonyl (C=O) groups is 2. The molecule has 0 spiro atoms. The number of ether oxygens (including phenoxy) is 1. The van der Waals surface area contributed by atoms with Gasteiger partial charge in [-0.15, -0.1) is 0 Å². The third kappa shape index (κ3) is 4.08. The van der Waals surface area contributed by atoms with Gasteiger partial charge >= 0.3 is 0 Å². The zero-order valence-corrected chi connectivity index (χ0v) is 12.5. The van der Waals surface area contributed by atoms with Crippen LogP contribution in [0.15, 0.2) is 30.5 Å². The van der Waals surface area contributed by atoms with E-state index in [9.17, 15) is 9.59 Å². The minimum Gasteiger partial charge on any atom is -0.483 e. The highest BCUT2D eigenvalue weighted by Gasteiger charge is 2.09. The van der Waals surface area contributed by atoms with Crippen LogP contribution in [-0.4, -0.2) is 28.2 Å². The molecule has 0 aliphatic heterocycles. The van der Waals surface area contributed by atoms with Crippen LogP contribution in [0.1, 0.15) is 11.1 Å². The first-order chi connectivity index (χ1) is 10.5. The molecule has 1 heterocycles. The summed E-state index contributed by atoms with van der Waals surface area (Å²) in [6, 6.07) is 7.36. The molecule has 0 bridgehead atoms. The zero-order valence-electron chi connectivity index (χ0n) is 12.5. The Balaban J connectivity index is 1.90. The third-order valence-corrected chi connectivity index (χ3v) is 2.98. The molecule has 1 aromatic heterocycles. The molecule has 0 aliphatic rings. The van der Waals surface area contributed by atoms with Crippen LogP contribution in [0.25, 0.3) is 0 Å². The zero-order chi connectivity index (χ0) is 16.1. The first-order valence-corrected chi connectivity index (χ1v) is 6.76. The molecule has 3 N–H and O–H groups in total. The fraction of sp³-hybridized carbons (Fsp3) is 0.267. The van der Waals surface area contributed by atoms with Gasteiger partial charge in [0.15, 0.2) is 12.4 Å². The lowest BCUT2D eigenvalue weighted by Gasteiger charge is -2.11. The second-order valence-corrected chi connectivity index (χ2v) is 4.92. The van der Waals surface area contributed by atoms with Crippen molar-refractivity contribution < 1.29 is 14.3 Å². The number of nitrogens with one attached hydrogen (secondary N) is 1. The van der Waals surface area contributed by atoms with Gasteiger partial charge in [-0.3, -0.25) is 14.3 Å². The van der Waals surface area contributed by atoms with E-state index in [4.69, 9.17) is 10.5 Å². The third-order valence-electron chi connectivity index (χ3n) is 2.98. The van der Waals surface area contributed by atoms with Crippen LogP contribution in [0.4, 0.5) is 5.82 Å². The minimum absolute atomic E-state index is 0.0330. The number of aromatic nitrogens is 2. The molecule has 2 aromatic rings. The van der Waals surface area contributed by atoms with Crippen LogP contribution in [-0.2, 0) is 16.1 Å².